The summed E-state index contributed by atoms with van der Waals surface area (Å²) in [6.45, 7) is 3.52. The summed E-state index contributed by atoms with van der Waals surface area (Å²) in [6, 6.07) is 8.69. The smallest absolute Gasteiger partial charge is 0.347 e. The predicted octanol–water partition coefficient (Wildman–Crippen LogP) is 2.91. The van der Waals surface area contributed by atoms with Crippen molar-refractivity contribution in [2.24, 2.45) is 5.92 Å². The first-order chi connectivity index (χ1) is 12.4. The number of rotatable bonds is 6. The van der Waals surface area contributed by atoms with Crippen molar-refractivity contribution in [3.05, 3.63) is 29.8 Å². The number of nitrogens with zero attached hydrogens (tertiary/aromatic N) is 2. The van der Waals surface area contributed by atoms with Gasteiger partial charge in [0.2, 0.25) is 0 Å². The van der Waals surface area contributed by atoms with Gasteiger partial charge in [-0.25, -0.2) is 4.79 Å². The zero-order chi connectivity index (χ0) is 19.1. The quantitative estimate of drug-likeness (QED) is 0.731. The Morgan fingerprint density at radius 3 is 2.42 bits per heavy atom. The maximum absolute atomic E-state index is 12.3. The van der Waals surface area contributed by atoms with E-state index in [2.05, 4.69) is 6.92 Å². The van der Waals surface area contributed by atoms with Gasteiger partial charge >= 0.3 is 5.97 Å². The predicted molar refractivity (Wildman–Crippen MR) is 96.4 cm³/mol. The molecule has 1 aliphatic rings. The maximum Gasteiger partial charge on any atom is 0.347 e. The van der Waals surface area contributed by atoms with Crippen molar-refractivity contribution in [3.8, 4) is 11.8 Å². The van der Waals surface area contributed by atoms with Crippen molar-refractivity contribution in [2.75, 3.05) is 13.7 Å². The molecule has 0 radical (unpaired) electrons. The van der Waals surface area contributed by atoms with Gasteiger partial charge in [-0.15, -0.1) is 0 Å². The number of esters is 1. The zero-order valence-corrected chi connectivity index (χ0v) is 15.6. The lowest BCUT2D eigenvalue weighted by atomic mass is 9.87. The van der Waals surface area contributed by atoms with E-state index in [1.54, 1.807) is 43.1 Å². The highest BCUT2D eigenvalue weighted by Gasteiger charge is 2.26. The third kappa shape index (κ3) is 5.48. The first kappa shape index (κ1) is 19.8. The molecule has 0 heterocycles. The second-order valence-corrected chi connectivity index (χ2v) is 6.92. The third-order valence-electron chi connectivity index (χ3n) is 4.89. The van der Waals surface area contributed by atoms with Crippen LogP contribution < -0.4 is 4.74 Å². The van der Waals surface area contributed by atoms with Crippen LogP contribution in [0.15, 0.2) is 24.3 Å². The van der Waals surface area contributed by atoms with E-state index in [-0.39, 0.29) is 18.6 Å². The number of carbonyl (C=O) groups is 2. The van der Waals surface area contributed by atoms with Crippen LogP contribution in [0.5, 0.6) is 5.75 Å². The summed E-state index contributed by atoms with van der Waals surface area (Å²) >= 11 is 0. The molecule has 26 heavy (non-hydrogen) atoms. The van der Waals surface area contributed by atoms with Gasteiger partial charge in [0.15, 0.2) is 12.7 Å². The van der Waals surface area contributed by atoms with Gasteiger partial charge in [-0.05, 0) is 62.8 Å². The van der Waals surface area contributed by atoms with Gasteiger partial charge in [-0.3, -0.25) is 4.79 Å². The van der Waals surface area contributed by atoms with Crippen molar-refractivity contribution in [2.45, 2.75) is 51.7 Å². The number of carbonyl (C=O) groups excluding carboxylic acids is 2. The Morgan fingerprint density at radius 1 is 1.23 bits per heavy atom. The Labute approximate surface area is 154 Å². The third-order valence-corrected chi connectivity index (χ3v) is 4.89. The lowest BCUT2D eigenvalue weighted by Gasteiger charge is -2.33. The van der Waals surface area contributed by atoms with Crippen LogP contribution in [0.3, 0.4) is 0 Å². The molecule has 1 atom stereocenters. The molecule has 0 unspecified atom stereocenters. The number of nitriles is 1. The van der Waals surface area contributed by atoms with E-state index in [1.807, 2.05) is 6.07 Å². The zero-order valence-electron chi connectivity index (χ0n) is 15.6. The van der Waals surface area contributed by atoms with E-state index < -0.39 is 12.1 Å². The van der Waals surface area contributed by atoms with E-state index in [0.29, 0.717) is 17.2 Å². The fraction of sp³-hybridized carbons (Fsp3) is 0.550. The van der Waals surface area contributed by atoms with Crippen molar-refractivity contribution in [1.82, 2.24) is 4.90 Å². The van der Waals surface area contributed by atoms with E-state index in [0.717, 1.165) is 25.7 Å². The Morgan fingerprint density at radius 2 is 1.85 bits per heavy atom. The minimum Gasteiger partial charge on any atom is -0.479 e. The molecule has 1 amide bonds. The number of hydrogen-bond acceptors (Lipinski definition) is 5. The van der Waals surface area contributed by atoms with Crippen molar-refractivity contribution in [3.63, 3.8) is 0 Å². The van der Waals surface area contributed by atoms with Crippen molar-refractivity contribution >= 4 is 11.9 Å². The van der Waals surface area contributed by atoms with Crippen molar-refractivity contribution < 1.29 is 19.1 Å². The van der Waals surface area contributed by atoms with Gasteiger partial charge in [0.25, 0.3) is 5.91 Å². The highest BCUT2D eigenvalue weighted by molar-refractivity contribution is 5.82. The molecule has 1 aromatic rings. The Hall–Kier alpha value is -2.55. The fourth-order valence-electron chi connectivity index (χ4n) is 3.05. The van der Waals surface area contributed by atoms with Crippen LogP contribution in [-0.2, 0) is 14.3 Å². The molecule has 0 saturated heterocycles. The Balaban J connectivity index is 1.77. The Kier molecular flexibility index (Phi) is 7.02. The van der Waals surface area contributed by atoms with Gasteiger partial charge in [-0.1, -0.05) is 6.92 Å². The molecule has 0 aromatic heterocycles. The second-order valence-electron chi connectivity index (χ2n) is 6.92. The topological polar surface area (TPSA) is 79.6 Å². The van der Waals surface area contributed by atoms with Crippen LogP contribution in [0, 0.1) is 17.2 Å². The molecule has 0 bridgehead atoms. The van der Waals surface area contributed by atoms with Crippen molar-refractivity contribution in [1.29, 1.82) is 5.26 Å². The van der Waals surface area contributed by atoms with Crippen LogP contribution in [0.4, 0.5) is 0 Å². The van der Waals surface area contributed by atoms with E-state index in [9.17, 15) is 9.59 Å². The van der Waals surface area contributed by atoms with Crippen LogP contribution in [0.2, 0.25) is 0 Å². The average molecular weight is 358 g/mol. The van der Waals surface area contributed by atoms with E-state index >= 15 is 0 Å². The highest BCUT2D eigenvalue weighted by Crippen LogP contribution is 2.26. The van der Waals surface area contributed by atoms with Gasteiger partial charge in [0.1, 0.15) is 5.75 Å². The van der Waals surface area contributed by atoms with Gasteiger partial charge in [0, 0.05) is 13.1 Å². The molecule has 0 aliphatic heterocycles. The summed E-state index contributed by atoms with van der Waals surface area (Å²) < 4.78 is 10.6. The molecule has 1 aliphatic carbocycles. The highest BCUT2D eigenvalue weighted by atomic mass is 16.6. The minimum atomic E-state index is -0.837. The van der Waals surface area contributed by atoms with E-state index in [4.69, 9.17) is 14.7 Å². The summed E-state index contributed by atoms with van der Waals surface area (Å²) in [5.41, 5.74) is 0.512. The number of hydrogen-bond donors (Lipinski definition) is 0. The molecular formula is C20H26N2O4. The van der Waals surface area contributed by atoms with Crippen LogP contribution in [-0.4, -0.2) is 42.6 Å². The van der Waals surface area contributed by atoms with Crippen LogP contribution in [0.1, 0.15) is 45.1 Å². The summed E-state index contributed by atoms with van der Waals surface area (Å²) in [5, 5.41) is 8.77. The maximum atomic E-state index is 12.3. The lowest BCUT2D eigenvalue weighted by molar-refractivity contribution is -0.157. The summed E-state index contributed by atoms with van der Waals surface area (Å²) in [7, 11) is 1.77. The first-order valence-electron chi connectivity index (χ1n) is 8.99. The molecular weight excluding hydrogens is 332 g/mol. The number of likely N-dealkylation sites (N-methyl/N-ethyl adjacent to an activating group) is 1. The molecule has 0 N–H and O–H groups in total. The van der Waals surface area contributed by atoms with Gasteiger partial charge in [0.05, 0.1) is 11.6 Å². The lowest BCUT2D eigenvalue weighted by Crippen LogP contribution is -2.42. The van der Waals surface area contributed by atoms with Crippen LogP contribution >= 0.6 is 0 Å². The fourth-order valence-corrected chi connectivity index (χ4v) is 3.05. The normalized spacial score (nSPS) is 20.5. The van der Waals surface area contributed by atoms with Gasteiger partial charge < -0.3 is 14.4 Å². The average Bonchev–Trinajstić information content (AvgIpc) is 2.66. The largest absolute Gasteiger partial charge is 0.479 e. The minimum absolute atomic E-state index is 0.191. The van der Waals surface area contributed by atoms with E-state index in [1.165, 1.54) is 0 Å². The summed E-state index contributed by atoms with van der Waals surface area (Å²) in [4.78, 5) is 26.0. The number of amides is 1. The second kappa shape index (κ2) is 9.23. The first-order valence-corrected chi connectivity index (χ1v) is 8.99. The van der Waals surface area contributed by atoms with Gasteiger partial charge in [-0.2, -0.15) is 5.26 Å². The Bertz CT molecular complexity index is 657. The molecule has 0 spiro atoms. The summed E-state index contributed by atoms with van der Waals surface area (Å²) in [6.07, 6.45) is 3.40. The molecule has 140 valence electrons. The number of benzene rings is 1. The molecule has 1 aromatic carbocycles. The van der Waals surface area contributed by atoms with Crippen LogP contribution in [0.25, 0.3) is 0 Å². The molecule has 1 saturated carbocycles. The molecule has 6 heteroatoms. The summed E-state index contributed by atoms with van der Waals surface area (Å²) in [5.74, 6) is 0.401. The molecule has 1 fully saturated rings. The standard InChI is InChI=1S/C20H26N2O4/c1-14-4-8-17(9-5-14)22(3)19(23)13-25-20(24)15(2)26-18-10-6-16(12-21)7-11-18/h6-7,10-11,14-15,17H,4-5,8-9,13H2,1-3H3/t14?,15-,17?/m0/s1. The number of ether oxygens (including phenoxy) is 2. The molecule has 6 nitrogen and oxygen atoms in total. The monoisotopic (exact) mass is 358 g/mol. The SMILES string of the molecule is CC1CCC(N(C)C(=O)COC(=O)[C@H](C)Oc2ccc(C#N)cc2)CC1. The molecule has 2 rings (SSSR count).